The number of benzene rings is 1. The second-order valence-corrected chi connectivity index (χ2v) is 5.76. The largest absolute Gasteiger partial charge is 0.484 e. The molecule has 0 bridgehead atoms. The molecule has 5 nitrogen and oxygen atoms in total. The minimum absolute atomic E-state index is 0.00802. The summed E-state index contributed by atoms with van der Waals surface area (Å²) in [6, 6.07) is 7.33. The molecule has 0 aromatic heterocycles. The molecule has 5 heteroatoms. The number of nitrogens with zero attached hydrogens (tertiary/aromatic N) is 2. The van der Waals surface area contributed by atoms with Crippen molar-refractivity contribution < 1.29 is 14.3 Å². The van der Waals surface area contributed by atoms with Crippen LogP contribution in [0.4, 0.5) is 0 Å². The van der Waals surface area contributed by atoms with E-state index in [0.29, 0.717) is 23.8 Å². The van der Waals surface area contributed by atoms with Gasteiger partial charge >= 0.3 is 0 Å². The molecular weight excluding hydrogens is 280 g/mol. The van der Waals surface area contributed by atoms with E-state index in [1.807, 2.05) is 11.8 Å². The number of carbonyl (C=O) groups is 2. The van der Waals surface area contributed by atoms with Gasteiger partial charge in [0.1, 0.15) is 5.75 Å². The van der Waals surface area contributed by atoms with Crippen LogP contribution in [0.15, 0.2) is 24.3 Å². The molecule has 22 heavy (non-hydrogen) atoms. The van der Waals surface area contributed by atoms with Crippen molar-refractivity contribution in [3.63, 3.8) is 0 Å². The Hall–Kier alpha value is -1.88. The first kappa shape index (κ1) is 16.5. The normalized spacial score (nSPS) is 19.0. The third-order valence-corrected chi connectivity index (χ3v) is 4.17. The van der Waals surface area contributed by atoms with E-state index < -0.39 is 0 Å². The first-order valence-electron chi connectivity index (χ1n) is 7.75. The predicted molar refractivity (Wildman–Crippen MR) is 85.2 cm³/mol. The standard InChI is InChI=1S/C17H24N2O3/c1-4-16(20)14-5-7-15(8-6-14)22-12-17(21)19-10-9-18(3)13(2)11-19/h5-8,13H,4,9-12H2,1-3H3. The van der Waals surface area contributed by atoms with Crippen LogP contribution in [0, 0.1) is 0 Å². The maximum atomic E-state index is 12.2. The Bertz CT molecular complexity index is 527. The number of piperazine rings is 1. The van der Waals surface area contributed by atoms with Crippen molar-refractivity contribution in [1.29, 1.82) is 0 Å². The first-order chi connectivity index (χ1) is 10.5. The summed E-state index contributed by atoms with van der Waals surface area (Å²) in [7, 11) is 2.07. The van der Waals surface area contributed by atoms with Crippen LogP contribution >= 0.6 is 0 Å². The summed E-state index contributed by atoms with van der Waals surface area (Å²) in [6.45, 7) is 6.36. The molecule has 1 aromatic rings. The van der Waals surface area contributed by atoms with E-state index in [9.17, 15) is 9.59 Å². The number of ether oxygens (including phenoxy) is 1. The van der Waals surface area contributed by atoms with Crippen molar-refractivity contribution >= 4 is 11.7 Å². The highest BCUT2D eigenvalue weighted by Crippen LogP contribution is 2.14. The first-order valence-corrected chi connectivity index (χ1v) is 7.75. The van der Waals surface area contributed by atoms with Gasteiger partial charge < -0.3 is 14.5 Å². The average Bonchev–Trinajstić information content (AvgIpc) is 2.54. The number of hydrogen-bond acceptors (Lipinski definition) is 4. The lowest BCUT2D eigenvalue weighted by Crippen LogP contribution is -2.53. The average molecular weight is 304 g/mol. The molecule has 1 atom stereocenters. The summed E-state index contributed by atoms with van der Waals surface area (Å²) in [6.07, 6.45) is 0.486. The Morgan fingerprint density at radius 1 is 1.23 bits per heavy atom. The molecule has 1 heterocycles. The Morgan fingerprint density at radius 2 is 1.91 bits per heavy atom. The van der Waals surface area contributed by atoms with Gasteiger partial charge in [0.2, 0.25) is 0 Å². The summed E-state index contributed by atoms with van der Waals surface area (Å²) < 4.78 is 5.54. The van der Waals surface area contributed by atoms with Crippen molar-refractivity contribution in [2.45, 2.75) is 26.3 Å². The molecule has 0 N–H and O–H groups in total. The van der Waals surface area contributed by atoms with Crippen LogP contribution in [0.25, 0.3) is 0 Å². The van der Waals surface area contributed by atoms with E-state index in [0.717, 1.165) is 19.6 Å². The van der Waals surface area contributed by atoms with Crippen molar-refractivity contribution in [2.24, 2.45) is 0 Å². The highest BCUT2D eigenvalue weighted by Gasteiger charge is 2.24. The fourth-order valence-corrected chi connectivity index (χ4v) is 2.45. The monoisotopic (exact) mass is 304 g/mol. The fraction of sp³-hybridized carbons (Fsp3) is 0.529. The van der Waals surface area contributed by atoms with Crippen molar-refractivity contribution in [3.05, 3.63) is 29.8 Å². The van der Waals surface area contributed by atoms with Crippen molar-refractivity contribution in [1.82, 2.24) is 9.80 Å². The number of rotatable bonds is 5. The van der Waals surface area contributed by atoms with Gasteiger partial charge in [-0.15, -0.1) is 0 Å². The van der Waals surface area contributed by atoms with Gasteiger partial charge in [-0.25, -0.2) is 0 Å². The Balaban J connectivity index is 1.85. The van der Waals surface area contributed by atoms with Crippen LogP contribution in [-0.2, 0) is 4.79 Å². The van der Waals surface area contributed by atoms with Crippen molar-refractivity contribution in [3.8, 4) is 5.75 Å². The third kappa shape index (κ3) is 4.07. The lowest BCUT2D eigenvalue weighted by atomic mass is 10.1. The van der Waals surface area contributed by atoms with Crippen LogP contribution < -0.4 is 4.74 Å². The van der Waals surface area contributed by atoms with E-state index in [2.05, 4.69) is 18.9 Å². The highest BCUT2D eigenvalue weighted by molar-refractivity contribution is 5.95. The Kier molecular flexibility index (Phi) is 5.55. The van der Waals surface area contributed by atoms with E-state index in [-0.39, 0.29) is 18.3 Å². The molecule has 1 aliphatic rings. The molecule has 0 radical (unpaired) electrons. The second kappa shape index (κ2) is 7.40. The summed E-state index contributed by atoms with van der Waals surface area (Å²) in [5.74, 6) is 0.728. The summed E-state index contributed by atoms with van der Waals surface area (Å²) in [4.78, 5) is 27.8. The van der Waals surface area contributed by atoms with E-state index in [4.69, 9.17) is 4.74 Å². The Morgan fingerprint density at radius 3 is 2.50 bits per heavy atom. The van der Waals surface area contributed by atoms with Crippen LogP contribution in [0.1, 0.15) is 30.6 Å². The molecule has 2 rings (SSSR count). The minimum Gasteiger partial charge on any atom is -0.484 e. The van der Waals surface area contributed by atoms with Crippen molar-refractivity contribution in [2.75, 3.05) is 33.3 Å². The minimum atomic E-state index is 0.00802. The van der Waals surface area contributed by atoms with Gasteiger partial charge in [-0.3, -0.25) is 9.59 Å². The Labute approximate surface area is 131 Å². The molecule has 1 amide bonds. The maximum absolute atomic E-state index is 12.2. The molecule has 1 saturated heterocycles. The molecule has 1 unspecified atom stereocenters. The summed E-state index contributed by atoms with van der Waals surface area (Å²) in [5.41, 5.74) is 0.675. The SMILES string of the molecule is CCC(=O)c1ccc(OCC(=O)N2CCN(C)C(C)C2)cc1. The number of hydrogen-bond donors (Lipinski definition) is 0. The molecule has 0 spiro atoms. The zero-order valence-corrected chi connectivity index (χ0v) is 13.5. The second-order valence-electron chi connectivity index (χ2n) is 5.76. The van der Waals surface area contributed by atoms with Crippen LogP contribution in [0.3, 0.4) is 0 Å². The molecule has 120 valence electrons. The topological polar surface area (TPSA) is 49.9 Å². The summed E-state index contributed by atoms with van der Waals surface area (Å²) >= 11 is 0. The van der Waals surface area contributed by atoms with Gasteiger partial charge in [-0.2, -0.15) is 0 Å². The van der Waals surface area contributed by atoms with Crippen LogP contribution in [-0.4, -0.2) is 60.8 Å². The zero-order valence-electron chi connectivity index (χ0n) is 13.5. The van der Waals surface area contributed by atoms with Gasteiger partial charge in [0.25, 0.3) is 5.91 Å². The van der Waals surface area contributed by atoms with Gasteiger partial charge in [0.05, 0.1) is 0 Å². The smallest absolute Gasteiger partial charge is 0.260 e. The summed E-state index contributed by atoms with van der Waals surface area (Å²) in [5, 5.41) is 0. The number of Topliss-reactive ketones (excluding diaryl/α,β-unsaturated/α-hetero) is 1. The fourth-order valence-electron chi connectivity index (χ4n) is 2.45. The molecule has 1 fully saturated rings. The van der Waals surface area contributed by atoms with Gasteiger partial charge in [-0.1, -0.05) is 6.92 Å². The van der Waals surface area contributed by atoms with E-state index in [1.54, 1.807) is 24.3 Å². The zero-order chi connectivity index (χ0) is 16.1. The lowest BCUT2D eigenvalue weighted by Gasteiger charge is -2.37. The third-order valence-electron chi connectivity index (χ3n) is 4.17. The van der Waals surface area contributed by atoms with Gasteiger partial charge in [0.15, 0.2) is 12.4 Å². The van der Waals surface area contributed by atoms with E-state index >= 15 is 0 Å². The number of ketones is 1. The number of carbonyl (C=O) groups excluding carboxylic acids is 2. The quantitative estimate of drug-likeness (QED) is 0.779. The number of amides is 1. The molecular formula is C17H24N2O3. The lowest BCUT2D eigenvalue weighted by molar-refractivity contribution is -0.135. The molecule has 0 aliphatic carbocycles. The van der Waals surface area contributed by atoms with Gasteiger partial charge in [0, 0.05) is 37.7 Å². The molecule has 0 saturated carbocycles. The van der Waals surface area contributed by atoms with Crippen LogP contribution in [0.5, 0.6) is 5.75 Å². The van der Waals surface area contributed by atoms with Gasteiger partial charge in [-0.05, 0) is 38.2 Å². The number of likely N-dealkylation sites (N-methyl/N-ethyl adjacent to an activating group) is 1. The molecule has 1 aliphatic heterocycles. The maximum Gasteiger partial charge on any atom is 0.260 e. The van der Waals surface area contributed by atoms with E-state index in [1.165, 1.54) is 0 Å². The van der Waals surface area contributed by atoms with Crippen LogP contribution in [0.2, 0.25) is 0 Å². The molecule has 1 aromatic carbocycles. The highest BCUT2D eigenvalue weighted by atomic mass is 16.5. The predicted octanol–water partition coefficient (Wildman–Crippen LogP) is 1.82.